The van der Waals surface area contributed by atoms with Crippen LogP contribution in [-0.2, 0) is 9.59 Å². The Hall–Kier alpha value is -1.10. The molecule has 3 atom stereocenters. The molecule has 0 aromatic rings. The number of carbonyl (C=O) groups is 2. The smallest absolute Gasteiger partial charge is 0.326 e. The summed E-state index contributed by atoms with van der Waals surface area (Å²) in [4.78, 5) is 24.4. The zero-order valence-electron chi connectivity index (χ0n) is 9.85. The predicted octanol–water partition coefficient (Wildman–Crippen LogP) is 0.435. The average molecular weight is 228 g/mol. The lowest BCUT2D eigenvalue weighted by Gasteiger charge is -2.27. The quantitative estimate of drug-likeness (QED) is 0.731. The fourth-order valence-electron chi connectivity index (χ4n) is 1.98. The lowest BCUT2D eigenvalue weighted by atomic mass is 9.98. The molecule has 5 heteroatoms. The van der Waals surface area contributed by atoms with Crippen LogP contribution in [-0.4, -0.2) is 40.5 Å². The molecule has 1 rings (SSSR count). The standard InChI is InChI=1S/C11H20N2O3/c1-3-7(2)9(12)10(14)13-6-4-5-8(13)11(15)16/h7-9H,3-6,12H2,1-2H3,(H,15,16)/t7-,8?,9+/m1/s1. The second-order valence-corrected chi connectivity index (χ2v) is 4.44. The third-order valence-electron chi connectivity index (χ3n) is 3.36. The lowest BCUT2D eigenvalue weighted by molar-refractivity contribution is -0.149. The van der Waals surface area contributed by atoms with Gasteiger partial charge < -0.3 is 15.7 Å². The van der Waals surface area contributed by atoms with Gasteiger partial charge in [0.25, 0.3) is 0 Å². The first-order valence-electron chi connectivity index (χ1n) is 5.77. The summed E-state index contributed by atoms with van der Waals surface area (Å²) >= 11 is 0. The molecule has 0 radical (unpaired) electrons. The molecular formula is C11H20N2O3. The van der Waals surface area contributed by atoms with E-state index in [9.17, 15) is 9.59 Å². The van der Waals surface area contributed by atoms with Crippen LogP contribution < -0.4 is 5.73 Å². The maximum atomic E-state index is 12.0. The van der Waals surface area contributed by atoms with E-state index in [2.05, 4.69) is 0 Å². The van der Waals surface area contributed by atoms with Crippen molar-refractivity contribution in [1.29, 1.82) is 0 Å². The van der Waals surface area contributed by atoms with Crippen LogP contribution in [0.4, 0.5) is 0 Å². The normalized spacial score (nSPS) is 24.2. The van der Waals surface area contributed by atoms with E-state index < -0.39 is 18.1 Å². The molecule has 1 fully saturated rings. The van der Waals surface area contributed by atoms with Gasteiger partial charge in [0.2, 0.25) is 5.91 Å². The van der Waals surface area contributed by atoms with Crippen molar-refractivity contribution in [3.63, 3.8) is 0 Å². The maximum absolute atomic E-state index is 12.0. The first kappa shape index (κ1) is 13.0. The number of likely N-dealkylation sites (tertiary alicyclic amines) is 1. The Morgan fingerprint density at radius 1 is 1.56 bits per heavy atom. The monoisotopic (exact) mass is 228 g/mol. The second-order valence-electron chi connectivity index (χ2n) is 4.44. The Balaban J connectivity index is 2.69. The Kier molecular flexibility index (Phi) is 4.29. The molecule has 0 aliphatic carbocycles. The molecule has 92 valence electrons. The second kappa shape index (κ2) is 5.30. The molecule has 0 bridgehead atoms. The molecular weight excluding hydrogens is 208 g/mol. The topological polar surface area (TPSA) is 83.6 Å². The first-order chi connectivity index (χ1) is 7.49. The van der Waals surface area contributed by atoms with Crippen molar-refractivity contribution in [2.45, 2.75) is 45.2 Å². The number of aliphatic carboxylic acids is 1. The van der Waals surface area contributed by atoms with Crippen molar-refractivity contribution < 1.29 is 14.7 Å². The van der Waals surface area contributed by atoms with Gasteiger partial charge in [-0.15, -0.1) is 0 Å². The van der Waals surface area contributed by atoms with Gasteiger partial charge >= 0.3 is 5.97 Å². The highest BCUT2D eigenvalue weighted by Crippen LogP contribution is 2.20. The molecule has 1 aliphatic heterocycles. The van der Waals surface area contributed by atoms with E-state index in [1.54, 1.807) is 0 Å². The molecule has 1 unspecified atom stereocenters. The molecule has 0 aromatic heterocycles. The fraction of sp³-hybridized carbons (Fsp3) is 0.818. The summed E-state index contributed by atoms with van der Waals surface area (Å²) in [6.45, 7) is 4.39. The Bertz CT molecular complexity index is 280. The highest BCUT2D eigenvalue weighted by atomic mass is 16.4. The van der Waals surface area contributed by atoms with Crippen LogP contribution in [0.5, 0.6) is 0 Å². The van der Waals surface area contributed by atoms with Crippen LogP contribution in [0, 0.1) is 5.92 Å². The van der Waals surface area contributed by atoms with E-state index in [0.717, 1.165) is 12.8 Å². The number of rotatable bonds is 4. The van der Waals surface area contributed by atoms with Crippen molar-refractivity contribution in [3.8, 4) is 0 Å². The van der Waals surface area contributed by atoms with Crippen LogP contribution >= 0.6 is 0 Å². The van der Waals surface area contributed by atoms with Gasteiger partial charge in [0, 0.05) is 6.54 Å². The van der Waals surface area contributed by atoms with Crippen LogP contribution in [0.3, 0.4) is 0 Å². The minimum atomic E-state index is -0.929. The van der Waals surface area contributed by atoms with Crippen molar-refractivity contribution >= 4 is 11.9 Å². The van der Waals surface area contributed by atoms with Gasteiger partial charge in [-0.2, -0.15) is 0 Å². The summed E-state index contributed by atoms with van der Waals surface area (Å²) in [5, 5.41) is 8.98. The molecule has 1 aliphatic rings. The molecule has 5 nitrogen and oxygen atoms in total. The van der Waals surface area contributed by atoms with Gasteiger partial charge in [0.05, 0.1) is 6.04 Å². The Labute approximate surface area is 95.6 Å². The van der Waals surface area contributed by atoms with Gasteiger partial charge in [-0.3, -0.25) is 4.79 Å². The minimum Gasteiger partial charge on any atom is -0.480 e. The third-order valence-corrected chi connectivity index (χ3v) is 3.36. The van der Waals surface area contributed by atoms with Gasteiger partial charge in [-0.05, 0) is 18.8 Å². The summed E-state index contributed by atoms with van der Waals surface area (Å²) in [6, 6.07) is -1.26. The number of nitrogens with zero attached hydrogens (tertiary/aromatic N) is 1. The largest absolute Gasteiger partial charge is 0.480 e. The van der Waals surface area contributed by atoms with Gasteiger partial charge in [-0.25, -0.2) is 4.79 Å². The van der Waals surface area contributed by atoms with E-state index in [1.165, 1.54) is 4.90 Å². The van der Waals surface area contributed by atoms with Crippen molar-refractivity contribution in [1.82, 2.24) is 4.90 Å². The zero-order chi connectivity index (χ0) is 12.3. The van der Waals surface area contributed by atoms with Crippen LogP contribution in [0.25, 0.3) is 0 Å². The maximum Gasteiger partial charge on any atom is 0.326 e. The molecule has 0 aromatic carbocycles. The van der Waals surface area contributed by atoms with Crippen molar-refractivity contribution in [2.75, 3.05) is 6.54 Å². The first-order valence-corrected chi connectivity index (χ1v) is 5.77. The highest BCUT2D eigenvalue weighted by molar-refractivity contribution is 5.87. The summed E-state index contributed by atoms with van der Waals surface area (Å²) in [7, 11) is 0. The lowest BCUT2D eigenvalue weighted by Crippen LogP contribution is -2.50. The van der Waals surface area contributed by atoms with Crippen LogP contribution in [0.15, 0.2) is 0 Å². The third kappa shape index (κ3) is 2.52. The molecule has 3 N–H and O–H groups in total. The molecule has 1 heterocycles. The average Bonchev–Trinajstić information content (AvgIpc) is 2.74. The zero-order valence-corrected chi connectivity index (χ0v) is 9.85. The van der Waals surface area contributed by atoms with Crippen LogP contribution in [0.1, 0.15) is 33.1 Å². The van der Waals surface area contributed by atoms with Crippen molar-refractivity contribution in [2.24, 2.45) is 11.7 Å². The summed E-state index contributed by atoms with van der Waals surface area (Å²) < 4.78 is 0. The van der Waals surface area contributed by atoms with E-state index in [4.69, 9.17) is 10.8 Å². The number of hydrogen-bond acceptors (Lipinski definition) is 3. The number of carboxylic acid groups (broad SMARTS) is 1. The number of hydrogen-bond donors (Lipinski definition) is 2. The summed E-state index contributed by atoms with van der Waals surface area (Å²) in [5.74, 6) is -1.07. The number of carbonyl (C=O) groups excluding carboxylic acids is 1. The molecule has 1 saturated heterocycles. The number of nitrogens with two attached hydrogens (primary N) is 1. The summed E-state index contributed by atoms with van der Waals surface area (Å²) in [6.07, 6.45) is 2.10. The fourth-order valence-corrected chi connectivity index (χ4v) is 1.98. The molecule has 1 amide bonds. The highest BCUT2D eigenvalue weighted by Gasteiger charge is 2.36. The number of carboxylic acids is 1. The van der Waals surface area contributed by atoms with E-state index >= 15 is 0 Å². The predicted molar refractivity (Wildman–Crippen MR) is 59.8 cm³/mol. The van der Waals surface area contributed by atoms with E-state index in [0.29, 0.717) is 13.0 Å². The molecule has 16 heavy (non-hydrogen) atoms. The minimum absolute atomic E-state index is 0.0857. The Morgan fingerprint density at radius 2 is 2.19 bits per heavy atom. The van der Waals surface area contributed by atoms with Gasteiger partial charge in [-0.1, -0.05) is 20.3 Å². The Morgan fingerprint density at radius 3 is 2.69 bits per heavy atom. The molecule has 0 saturated carbocycles. The van der Waals surface area contributed by atoms with Gasteiger partial charge in [0.15, 0.2) is 0 Å². The summed E-state index contributed by atoms with van der Waals surface area (Å²) in [5.41, 5.74) is 5.83. The van der Waals surface area contributed by atoms with E-state index in [1.807, 2.05) is 13.8 Å². The molecule has 0 spiro atoms. The van der Waals surface area contributed by atoms with Crippen molar-refractivity contribution in [3.05, 3.63) is 0 Å². The van der Waals surface area contributed by atoms with Gasteiger partial charge in [0.1, 0.15) is 6.04 Å². The SMILES string of the molecule is CC[C@@H](C)[C@H](N)C(=O)N1CCCC1C(=O)O. The van der Waals surface area contributed by atoms with E-state index in [-0.39, 0.29) is 11.8 Å². The number of amides is 1. The van der Waals surface area contributed by atoms with Crippen LogP contribution in [0.2, 0.25) is 0 Å².